The SMILES string of the molecule is CCOC[C@H]1CCN(C(=O)Nc2sc(-c3ccccc3)nc2C)C1. The van der Waals surface area contributed by atoms with Crippen LogP contribution in [0.2, 0.25) is 0 Å². The molecule has 0 radical (unpaired) electrons. The number of likely N-dealkylation sites (tertiary alicyclic amines) is 1. The van der Waals surface area contributed by atoms with Crippen LogP contribution >= 0.6 is 11.3 Å². The van der Waals surface area contributed by atoms with E-state index in [1.54, 1.807) is 0 Å². The summed E-state index contributed by atoms with van der Waals surface area (Å²) in [6, 6.07) is 9.99. The molecule has 1 saturated heterocycles. The highest BCUT2D eigenvalue weighted by Gasteiger charge is 2.27. The minimum absolute atomic E-state index is 0.0413. The molecule has 2 amide bonds. The van der Waals surface area contributed by atoms with Crippen LogP contribution in [0, 0.1) is 12.8 Å². The number of aryl methyl sites for hydroxylation is 1. The van der Waals surface area contributed by atoms with Crippen molar-refractivity contribution in [2.24, 2.45) is 5.92 Å². The van der Waals surface area contributed by atoms with E-state index in [2.05, 4.69) is 10.3 Å². The second-order valence-electron chi connectivity index (χ2n) is 5.99. The van der Waals surface area contributed by atoms with Crippen LogP contribution in [0.1, 0.15) is 19.0 Å². The fourth-order valence-corrected chi connectivity index (χ4v) is 3.79. The molecule has 6 heteroatoms. The van der Waals surface area contributed by atoms with Crippen LogP contribution in [0.4, 0.5) is 9.80 Å². The van der Waals surface area contributed by atoms with E-state index >= 15 is 0 Å². The second-order valence-corrected chi connectivity index (χ2v) is 6.99. The minimum Gasteiger partial charge on any atom is -0.381 e. The second kappa shape index (κ2) is 7.77. The van der Waals surface area contributed by atoms with Crippen LogP contribution < -0.4 is 5.32 Å². The van der Waals surface area contributed by atoms with Gasteiger partial charge in [0.1, 0.15) is 10.0 Å². The van der Waals surface area contributed by atoms with E-state index in [1.807, 2.05) is 49.1 Å². The Morgan fingerprint density at radius 1 is 1.42 bits per heavy atom. The minimum atomic E-state index is -0.0413. The Balaban J connectivity index is 1.62. The van der Waals surface area contributed by atoms with Gasteiger partial charge in [0, 0.05) is 31.2 Å². The van der Waals surface area contributed by atoms with Gasteiger partial charge >= 0.3 is 6.03 Å². The number of benzene rings is 1. The van der Waals surface area contributed by atoms with Gasteiger partial charge in [-0.25, -0.2) is 9.78 Å². The number of hydrogen-bond acceptors (Lipinski definition) is 4. The Labute approximate surface area is 146 Å². The first-order chi connectivity index (χ1) is 11.7. The van der Waals surface area contributed by atoms with Crippen molar-refractivity contribution < 1.29 is 9.53 Å². The lowest BCUT2D eigenvalue weighted by Gasteiger charge is -2.17. The number of amides is 2. The number of hydrogen-bond donors (Lipinski definition) is 1. The highest BCUT2D eigenvalue weighted by atomic mass is 32.1. The molecule has 1 aromatic carbocycles. The molecule has 0 aliphatic carbocycles. The van der Waals surface area contributed by atoms with Crippen molar-refractivity contribution in [3.8, 4) is 10.6 Å². The molecular formula is C18H23N3O2S. The number of rotatable bonds is 5. The maximum atomic E-state index is 12.5. The molecule has 1 atom stereocenters. The zero-order valence-corrected chi connectivity index (χ0v) is 14.9. The van der Waals surface area contributed by atoms with Gasteiger partial charge in [0.05, 0.1) is 12.3 Å². The predicted octanol–water partition coefficient (Wildman–Crippen LogP) is 4.01. The zero-order valence-electron chi connectivity index (χ0n) is 14.1. The average Bonchev–Trinajstić information content (AvgIpc) is 3.21. The van der Waals surface area contributed by atoms with Crippen LogP contribution in [-0.2, 0) is 4.74 Å². The van der Waals surface area contributed by atoms with Crippen LogP contribution in [-0.4, -0.2) is 42.2 Å². The molecule has 1 aliphatic rings. The highest BCUT2D eigenvalue weighted by molar-refractivity contribution is 7.19. The molecule has 1 aromatic heterocycles. The van der Waals surface area contributed by atoms with Gasteiger partial charge < -0.3 is 9.64 Å². The standard InChI is InChI=1S/C18H23N3O2S/c1-3-23-12-14-9-10-21(11-14)18(22)20-16-13(2)19-17(24-16)15-7-5-4-6-8-15/h4-8,14H,3,9-12H2,1-2H3,(H,20,22)/t14-/m0/s1. The summed E-state index contributed by atoms with van der Waals surface area (Å²) in [5.74, 6) is 0.443. The van der Waals surface area contributed by atoms with Crippen LogP contribution in [0.15, 0.2) is 30.3 Å². The first-order valence-electron chi connectivity index (χ1n) is 8.34. The number of nitrogens with one attached hydrogen (secondary N) is 1. The van der Waals surface area contributed by atoms with Gasteiger partial charge in [0.2, 0.25) is 0 Å². The number of carbonyl (C=O) groups excluding carboxylic acids is 1. The Morgan fingerprint density at radius 2 is 2.21 bits per heavy atom. The number of anilines is 1. The molecule has 128 valence electrons. The van der Waals surface area contributed by atoms with Gasteiger partial charge in [0.15, 0.2) is 0 Å². The molecule has 0 bridgehead atoms. The number of urea groups is 1. The van der Waals surface area contributed by atoms with Gasteiger partial charge in [-0.1, -0.05) is 41.7 Å². The Hall–Kier alpha value is -1.92. The number of carbonyl (C=O) groups is 1. The van der Waals surface area contributed by atoms with E-state index < -0.39 is 0 Å². The van der Waals surface area contributed by atoms with E-state index in [9.17, 15) is 4.79 Å². The van der Waals surface area contributed by atoms with Crippen molar-refractivity contribution in [1.82, 2.24) is 9.88 Å². The Kier molecular flexibility index (Phi) is 5.48. The van der Waals surface area contributed by atoms with Crippen molar-refractivity contribution in [3.63, 3.8) is 0 Å². The quantitative estimate of drug-likeness (QED) is 0.891. The fourth-order valence-electron chi connectivity index (χ4n) is 2.83. The van der Waals surface area contributed by atoms with Gasteiger partial charge in [-0.15, -0.1) is 0 Å². The topological polar surface area (TPSA) is 54.5 Å². The third kappa shape index (κ3) is 3.94. The van der Waals surface area contributed by atoms with E-state index in [0.717, 1.165) is 54.0 Å². The lowest BCUT2D eigenvalue weighted by Crippen LogP contribution is -2.33. The zero-order chi connectivity index (χ0) is 16.9. The first-order valence-corrected chi connectivity index (χ1v) is 9.15. The smallest absolute Gasteiger partial charge is 0.322 e. The van der Waals surface area contributed by atoms with Crippen LogP contribution in [0.3, 0.4) is 0 Å². The van der Waals surface area contributed by atoms with Gasteiger partial charge in [-0.3, -0.25) is 5.32 Å². The summed E-state index contributed by atoms with van der Waals surface area (Å²) in [6.07, 6.45) is 1.00. The number of aromatic nitrogens is 1. The largest absolute Gasteiger partial charge is 0.381 e. The Morgan fingerprint density at radius 3 is 2.96 bits per heavy atom. The average molecular weight is 345 g/mol. The molecule has 1 aliphatic heterocycles. The summed E-state index contributed by atoms with van der Waals surface area (Å²) in [5, 5.41) is 4.78. The molecule has 0 saturated carbocycles. The lowest BCUT2D eigenvalue weighted by molar-refractivity contribution is 0.113. The summed E-state index contributed by atoms with van der Waals surface area (Å²) in [7, 11) is 0. The van der Waals surface area contributed by atoms with Crippen LogP contribution in [0.25, 0.3) is 10.6 Å². The molecule has 24 heavy (non-hydrogen) atoms. The number of thiazole rings is 1. The summed E-state index contributed by atoms with van der Waals surface area (Å²) in [4.78, 5) is 18.9. The molecule has 5 nitrogen and oxygen atoms in total. The molecule has 2 heterocycles. The molecule has 1 N–H and O–H groups in total. The summed E-state index contributed by atoms with van der Waals surface area (Å²) >= 11 is 1.52. The molecule has 3 rings (SSSR count). The fraction of sp³-hybridized carbons (Fsp3) is 0.444. The highest BCUT2D eigenvalue weighted by Crippen LogP contribution is 2.32. The molecule has 0 unspecified atom stereocenters. The van der Waals surface area contributed by atoms with Gasteiger partial charge in [-0.05, 0) is 20.3 Å². The van der Waals surface area contributed by atoms with Gasteiger partial charge in [-0.2, -0.15) is 0 Å². The molecule has 0 spiro atoms. The van der Waals surface area contributed by atoms with Crippen molar-refractivity contribution in [2.75, 3.05) is 31.6 Å². The Bertz CT molecular complexity index is 687. The summed E-state index contributed by atoms with van der Waals surface area (Å²) in [6.45, 7) is 6.93. The van der Waals surface area contributed by atoms with Crippen LogP contribution in [0.5, 0.6) is 0 Å². The number of nitrogens with zero attached hydrogens (tertiary/aromatic N) is 2. The third-order valence-corrected chi connectivity index (χ3v) is 5.29. The maximum Gasteiger partial charge on any atom is 0.322 e. The molecule has 1 fully saturated rings. The lowest BCUT2D eigenvalue weighted by atomic mass is 10.1. The first kappa shape index (κ1) is 16.9. The summed E-state index contributed by atoms with van der Waals surface area (Å²) < 4.78 is 5.47. The van der Waals surface area contributed by atoms with E-state index in [1.165, 1.54) is 11.3 Å². The van der Waals surface area contributed by atoms with E-state index in [0.29, 0.717) is 5.92 Å². The third-order valence-electron chi connectivity index (χ3n) is 4.17. The van der Waals surface area contributed by atoms with Crippen molar-refractivity contribution in [1.29, 1.82) is 0 Å². The predicted molar refractivity (Wildman–Crippen MR) is 97.5 cm³/mol. The van der Waals surface area contributed by atoms with E-state index in [4.69, 9.17) is 4.74 Å². The van der Waals surface area contributed by atoms with Crippen molar-refractivity contribution in [3.05, 3.63) is 36.0 Å². The summed E-state index contributed by atoms with van der Waals surface area (Å²) in [5.41, 5.74) is 1.93. The van der Waals surface area contributed by atoms with Gasteiger partial charge in [0.25, 0.3) is 0 Å². The maximum absolute atomic E-state index is 12.5. The normalized spacial score (nSPS) is 17.2. The molecule has 2 aromatic rings. The van der Waals surface area contributed by atoms with Crippen molar-refractivity contribution in [2.45, 2.75) is 20.3 Å². The number of ether oxygens (including phenoxy) is 1. The van der Waals surface area contributed by atoms with E-state index in [-0.39, 0.29) is 6.03 Å². The molecular weight excluding hydrogens is 322 g/mol. The van der Waals surface area contributed by atoms with Crippen molar-refractivity contribution >= 4 is 22.4 Å². The monoisotopic (exact) mass is 345 g/mol.